The molecule has 8 atom stereocenters. The topological polar surface area (TPSA) is 159 Å². The molecule has 2 aliphatic rings. The van der Waals surface area contributed by atoms with Crippen molar-refractivity contribution < 1.29 is 35.1 Å². The van der Waals surface area contributed by atoms with Gasteiger partial charge in [-0.25, -0.2) is 0 Å². The van der Waals surface area contributed by atoms with Crippen molar-refractivity contribution in [1.29, 1.82) is 0 Å². The van der Waals surface area contributed by atoms with E-state index in [1.54, 1.807) is 48.5 Å². The summed E-state index contributed by atoms with van der Waals surface area (Å²) in [4.78, 5) is 27.8. The molecular weight excluding hydrogens is 608 g/mol. The molecule has 9 heteroatoms. The van der Waals surface area contributed by atoms with Gasteiger partial charge in [-0.2, -0.15) is 0 Å². The van der Waals surface area contributed by atoms with Crippen molar-refractivity contribution in [2.24, 2.45) is 11.8 Å². The zero-order valence-corrected chi connectivity index (χ0v) is 26.5. The Morgan fingerprint density at radius 1 is 0.521 bits per heavy atom. The van der Waals surface area contributed by atoms with Gasteiger partial charge in [-0.3, -0.25) is 9.59 Å². The van der Waals surface area contributed by atoms with Crippen molar-refractivity contribution in [3.63, 3.8) is 0 Å². The van der Waals surface area contributed by atoms with Crippen molar-refractivity contribution in [1.82, 2.24) is 10.6 Å². The molecule has 0 fully saturated rings. The van der Waals surface area contributed by atoms with Gasteiger partial charge >= 0.3 is 0 Å². The Hall–Kier alpha value is -4.38. The number of rotatable bonds is 12. The molecule has 48 heavy (non-hydrogen) atoms. The molecule has 2 amide bonds. The maximum absolute atomic E-state index is 13.9. The van der Waals surface area contributed by atoms with E-state index < -0.39 is 54.4 Å². The number of fused-ring (bicyclic) bond motifs is 2. The molecule has 9 nitrogen and oxygen atoms in total. The van der Waals surface area contributed by atoms with Gasteiger partial charge in [0.15, 0.2) is 0 Å². The van der Waals surface area contributed by atoms with Crippen LogP contribution in [-0.4, -0.2) is 55.7 Å². The lowest BCUT2D eigenvalue weighted by atomic mass is 9.86. The molecule has 4 aromatic carbocycles. The van der Waals surface area contributed by atoms with Gasteiger partial charge in [-0.15, -0.1) is 0 Å². The van der Waals surface area contributed by atoms with Gasteiger partial charge in [0.2, 0.25) is 11.8 Å². The lowest BCUT2D eigenvalue weighted by Gasteiger charge is -2.27. The molecule has 4 aromatic rings. The highest BCUT2D eigenvalue weighted by atomic mass is 16.3. The van der Waals surface area contributed by atoms with Gasteiger partial charge in [-0.1, -0.05) is 109 Å². The van der Waals surface area contributed by atoms with Crippen LogP contribution >= 0.6 is 0 Å². The van der Waals surface area contributed by atoms with Gasteiger partial charge in [0.05, 0.1) is 18.2 Å². The number of carbonyl (C=O) groups is 2. The van der Waals surface area contributed by atoms with E-state index in [0.29, 0.717) is 35.1 Å². The molecule has 0 spiro atoms. The highest BCUT2D eigenvalue weighted by molar-refractivity contribution is 5.81. The van der Waals surface area contributed by atoms with E-state index in [1.807, 2.05) is 60.7 Å². The Kier molecular flexibility index (Phi) is 10.3. The zero-order valence-electron chi connectivity index (χ0n) is 26.5. The Morgan fingerprint density at radius 3 is 1.23 bits per heavy atom. The highest BCUT2D eigenvalue weighted by Crippen LogP contribution is 2.40. The third kappa shape index (κ3) is 7.21. The molecule has 250 valence electrons. The van der Waals surface area contributed by atoms with Crippen molar-refractivity contribution in [3.05, 3.63) is 143 Å². The summed E-state index contributed by atoms with van der Waals surface area (Å²) in [6.07, 6.45) is -5.04. The zero-order chi connectivity index (χ0) is 33.8. The monoisotopic (exact) mass is 650 g/mol. The van der Waals surface area contributed by atoms with Crippen LogP contribution in [0.25, 0.3) is 0 Å². The molecule has 6 rings (SSSR count). The highest BCUT2D eigenvalue weighted by Gasteiger charge is 2.42. The third-order valence-electron chi connectivity index (χ3n) is 9.73. The van der Waals surface area contributed by atoms with E-state index in [9.17, 15) is 35.1 Å². The average molecular weight is 651 g/mol. The van der Waals surface area contributed by atoms with Crippen molar-refractivity contribution in [3.8, 4) is 0 Å². The maximum Gasteiger partial charge on any atom is 0.224 e. The Labute approximate surface area is 279 Å². The van der Waals surface area contributed by atoms with Crippen LogP contribution < -0.4 is 10.6 Å². The van der Waals surface area contributed by atoms with Crippen molar-refractivity contribution in [2.75, 3.05) is 0 Å². The summed E-state index contributed by atoms with van der Waals surface area (Å²) in [5, 5.41) is 60.2. The number of amides is 2. The van der Waals surface area contributed by atoms with Gasteiger partial charge in [-0.05, 0) is 59.1 Å². The summed E-state index contributed by atoms with van der Waals surface area (Å²) in [6.45, 7) is 0. The van der Waals surface area contributed by atoms with Crippen LogP contribution in [0, 0.1) is 11.8 Å². The Morgan fingerprint density at radius 2 is 0.854 bits per heavy atom. The van der Waals surface area contributed by atoms with E-state index in [2.05, 4.69) is 10.6 Å². The minimum atomic E-state index is -1.22. The van der Waals surface area contributed by atoms with E-state index in [4.69, 9.17) is 0 Å². The number of aliphatic hydroxyl groups is 5. The molecule has 0 saturated heterocycles. The molecule has 0 aromatic heterocycles. The van der Waals surface area contributed by atoms with Crippen molar-refractivity contribution in [2.45, 2.75) is 68.3 Å². The van der Waals surface area contributed by atoms with Gasteiger partial charge in [0.25, 0.3) is 0 Å². The minimum absolute atomic E-state index is 0.0416. The second-order valence-electron chi connectivity index (χ2n) is 13.0. The first-order chi connectivity index (χ1) is 23.2. The van der Waals surface area contributed by atoms with Gasteiger partial charge in [0.1, 0.15) is 24.4 Å². The second kappa shape index (κ2) is 14.8. The average Bonchev–Trinajstić information content (AvgIpc) is 3.49. The fraction of sp³-hybridized carbons (Fsp3) is 0.333. The summed E-state index contributed by atoms with van der Waals surface area (Å²) in [7, 11) is 0. The largest absolute Gasteiger partial charge is 0.393 e. The fourth-order valence-corrected chi connectivity index (χ4v) is 7.21. The normalized spacial score (nSPS) is 24.0. The van der Waals surface area contributed by atoms with Crippen LogP contribution in [0.5, 0.6) is 0 Å². The molecular formula is C39H42N2O7. The molecule has 0 unspecified atom stereocenters. The van der Waals surface area contributed by atoms with E-state index in [1.165, 1.54) is 0 Å². The van der Waals surface area contributed by atoms with Gasteiger partial charge < -0.3 is 36.2 Å². The number of nitrogens with one attached hydrogen (secondary N) is 2. The number of carbonyl (C=O) groups excluding carboxylic acids is 2. The summed E-state index contributed by atoms with van der Waals surface area (Å²) < 4.78 is 0. The molecule has 0 radical (unpaired) electrons. The van der Waals surface area contributed by atoms with E-state index in [0.717, 1.165) is 11.1 Å². The number of benzene rings is 4. The predicted octanol–water partition coefficient (Wildman–Crippen LogP) is 3.38. The molecule has 0 saturated carbocycles. The summed E-state index contributed by atoms with van der Waals surface area (Å²) >= 11 is 0. The van der Waals surface area contributed by atoms with Gasteiger partial charge in [0, 0.05) is 11.8 Å². The molecule has 7 N–H and O–H groups in total. The summed E-state index contributed by atoms with van der Waals surface area (Å²) in [5.41, 5.74) is 4.20. The lowest BCUT2D eigenvalue weighted by molar-refractivity contribution is -0.129. The SMILES string of the molecule is O=C(N[C@H]1c2ccccc2[C@@H](O)[C@H]1O)[C@H](Cc1ccccc1)CC(O)C[C@@H](Cc1ccccc1)C(=O)N[C@H]1c2ccccc2[C@@H](O)[C@H]1O. The second-order valence-corrected chi connectivity index (χ2v) is 13.0. The van der Waals surface area contributed by atoms with E-state index in [-0.39, 0.29) is 24.7 Å². The first-order valence-corrected chi connectivity index (χ1v) is 16.5. The van der Waals surface area contributed by atoms with Crippen LogP contribution in [0.15, 0.2) is 109 Å². The minimum Gasteiger partial charge on any atom is -0.393 e. The molecule has 2 aliphatic carbocycles. The molecule has 0 aliphatic heterocycles. The molecule has 0 heterocycles. The van der Waals surface area contributed by atoms with Crippen LogP contribution in [-0.2, 0) is 22.4 Å². The first kappa shape index (κ1) is 33.5. The molecule has 0 bridgehead atoms. The third-order valence-corrected chi connectivity index (χ3v) is 9.73. The quantitative estimate of drug-likeness (QED) is 0.124. The fourth-order valence-electron chi connectivity index (χ4n) is 7.21. The maximum atomic E-state index is 13.9. The number of aliphatic hydroxyl groups excluding tert-OH is 5. The van der Waals surface area contributed by atoms with Crippen LogP contribution in [0.4, 0.5) is 0 Å². The van der Waals surface area contributed by atoms with E-state index >= 15 is 0 Å². The summed E-state index contributed by atoms with van der Waals surface area (Å²) in [5.74, 6) is -2.18. The summed E-state index contributed by atoms with van der Waals surface area (Å²) in [6, 6.07) is 31.4. The lowest BCUT2D eigenvalue weighted by Crippen LogP contribution is -2.42. The smallest absolute Gasteiger partial charge is 0.224 e. The van der Waals surface area contributed by atoms with Crippen LogP contribution in [0.3, 0.4) is 0 Å². The van der Waals surface area contributed by atoms with Crippen LogP contribution in [0.1, 0.15) is 70.5 Å². The Bertz CT molecular complexity index is 1580. The standard InChI is InChI=1S/C39H42N2O7/c42-27(21-25(19-23-11-3-1-4-12-23)38(47)40-32-28-15-7-9-17-30(28)34(43)36(32)45)22-26(20-24-13-5-2-6-14-24)39(48)41-33-29-16-8-10-18-31(29)35(44)37(33)46/h1-18,25-27,32-37,42-46H,19-22H2,(H,40,47)(H,41,48)/t25-,26-,32+,33+,34-,35-,36+,37+/m1/s1. The van der Waals surface area contributed by atoms with Crippen molar-refractivity contribution >= 4 is 11.8 Å². The number of hydrogen-bond donors (Lipinski definition) is 7. The number of hydrogen-bond acceptors (Lipinski definition) is 7. The predicted molar refractivity (Wildman–Crippen MR) is 179 cm³/mol. The first-order valence-electron chi connectivity index (χ1n) is 16.5. The Balaban J connectivity index is 1.20. The van der Waals surface area contributed by atoms with Crippen LogP contribution in [0.2, 0.25) is 0 Å².